The van der Waals surface area contributed by atoms with Crippen LogP contribution in [0.5, 0.6) is 0 Å². The predicted molar refractivity (Wildman–Crippen MR) is 136 cm³/mol. The van der Waals surface area contributed by atoms with Crippen LogP contribution in [0.1, 0.15) is 39.8 Å². The first kappa shape index (κ1) is 24.2. The fourth-order valence-electron chi connectivity index (χ4n) is 3.34. The molecule has 0 bridgehead atoms. The molecule has 0 atom stereocenters. The average Bonchev–Trinajstić information content (AvgIpc) is 3.14. The van der Waals surface area contributed by atoms with Gasteiger partial charge in [-0.3, -0.25) is 9.59 Å². The topological polar surface area (TPSA) is 88.9 Å². The van der Waals surface area contributed by atoms with Gasteiger partial charge in [0.2, 0.25) is 5.91 Å². The molecule has 32 heavy (non-hydrogen) atoms. The minimum Gasteiger partial charge on any atom is -0.345 e. The zero-order chi connectivity index (χ0) is 23.3. The number of thioether (sulfide) groups is 1. The summed E-state index contributed by atoms with van der Waals surface area (Å²) >= 11 is 3.60. The van der Waals surface area contributed by atoms with Crippen molar-refractivity contribution in [1.82, 2.24) is 20.1 Å². The van der Waals surface area contributed by atoms with E-state index in [0.29, 0.717) is 23.1 Å². The lowest BCUT2D eigenvalue weighted by Gasteiger charge is -2.12. The van der Waals surface area contributed by atoms with Crippen molar-refractivity contribution < 1.29 is 9.59 Å². The molecule has 9 heteroatoms. The van der Waals surface area contributed by atoms with Crippen LogP contribution in [0, 0.1) is 24.3 Å². The number of hydrogen-bond acceptors (Lipinski definition) is 5. The summed E-state index contributed by atoms with van der Waals surface area (Å²) < 4.78 is 3.05. The lowest BCUT2D eigenvalue weighted by molar-refractivity contribution is -0.113. The highest BCUT2D eigenvalue weighted by molar-refractivity contribution is 14.1. The maximum absolute atomic E-state index is 12.5. The van der Waals surface area contributed by atoms with E-state index in [1.807, 2.05) is 62.6 Å². The van der Waals surface area contributed by atoms with Crippen molar-refractivity contribution in [3.05, 3.63) is 68.0 Å². The number of aryl methyl sites for hydroxylation is 3. The molecule has 3 rings (SSSR count). The molecule has 0 fully saturated rings. The lowest BCUT2D eigenvalue weighted by Crippen LogP contribution is -2.25. The molecular formula is C23H26IN5O2S. The molecule has 0 unspecified atom stereocenters. The molecule has 7 nitrogen and oxygen atoms in total. The van der Waals surface area contributed by atoms with Crippen LogP contribution >= 0.6 is 34.4 Å². The summed E-state index contributed by atoms with van der Waals surface area (Å²) in [6.07, 6.45) is 0. The molecule has 168 valence electrons. The van der Waals surface area contributed by atoms with Gasteiger partial charge in [0.15, 0.2) is 11.0 Å². The zero-order valence-corrected chi connectivity index (χ0v) is 21.5. The molecule has 0 saturated carbocycles. The molecule has 1 aromatic heterocycles. The number of nitrogens with one attached hydrogen (secondary N) is 2. The molecule has 2 N–H and O–H groups in total. The molecule has 0 aliphatic rings. The number of nitrogens with zero attached hydrogens (tertiary/aromatic N) is 3. The summed E-state index contributed by atoms with van der Waals surface area (Å²) in [5, 5.41) is 15.0. The number of benzene rings is 2. The van der Waals surface area contributed by atoms with Gasteiger partial charge < -0.3 is 15.2 Å². The van der Waals surface area contributed by atoms with Crippen LogP contribution in [0.25, 0.3) is 0 Å². The van der Waals surface area contributed by atoms with E-state index in [2.05, 4.69) is 43.4 Å². The molecule has 0 radical (unpaired) electrons. The van der Waals surface area contributed by atoms with Crippen LogP contribution < -0.4 is 10.6 Å². The van der Waals surface area contributed by atoms with Gasteiger partial charge in [0, 0.05) is 21.4 Å². The molecular weight excluding hydrogens is 537 g/mol. The Morgan fingerprint density at radius 3 is 2.47 bits per heavy atom. The van der Waals surface area contributed by atoms with Crippen LogP contribution in [-0.4, -0.2) is 32.3 Å². The number of amides is 2. The first-order valence-electron chi connectivity index (χ1n) is 10.2. The largest absolute Gasteiger partial charge is 0.345 e. The van der Waals surface area contributed by atoms with Gasteiger partial charge in [0.05, 0.1) is 12.3 Å². The highest BCUT2D eigenvalue weighted by Gasteiger charge is 2.15. The van der Waals surface area contributed by atoms with Crippen molar-refractivity contribution in [3.63, 3.8) is 0 Å². The Balaban J connectivity index is 1.60. The Morgan fingerprint density at radius 2 is 1.81 bits per heavy atom. The van der Waals surface area contributed by atoms with E-state index >= 15 is 0 Å². The highest BCUT2D eigenvalue weighted by atomic mass is 127. The first-order chi connectivity index (χ1) is 15.3. The number of anilines is 1. The third kappa shape index (κ3) is 6.10. The van der Waals surface area contributed by atoms with E-state index in [4.69, 9.17) is 0 Å². The highest BCUT2D eigenvalue weighted by Crippen LogP contribution is 2.24. The van der Waals surface area contributed by atoms with E-state index in [1.165, 1.54) is 11.8 Å². The molecule has 1 heterocycles. The maximum Gasteiger partial charge on any atom is 0.251 e. The van der Waals surface area contributed by atoms with Gasteiger partial charge in [-0.25, -0.2) is 0 Å². The van der Waals surface area contributed by atoms with E-state index in [0.717, 1.165) is 25.9 Å². The minimum absolute atomic E-state index is 0.0950. The second-order valence-electron chi connectivity index (χ2n) is 7.45. The van der Waals surface area contributed by atoms with E-state index in [9.17, 15) is 9.59 Å². The molecule has 0 saturated heterocycles. The van der Waals surface area contributed by atoms with Gasteiger partial charge in [-0.15, -0.1) is 10.2 Å². The molecule has 2 amide bonds. The van der Waals surface area contributed by atoms with Gasteiger partial charge in [-0.2, -0.15) is 0 Å². The molecule has 3 aromatic rings. The summed E-state index contributed by atoms with van der Waals surface area (Å²) in [4.78, 5) is 24.9. The quantitative estimate of drug-likeness (QED) is 0.312. The summed E-state index contributed by atoms with van der Waals surface area (Å²) in [6.45, 7) is 8.82. The molecule has 2 aromatic carbocycles. The number of halogens is 1. The number of aromatic nitrogens is 3. The van der Waals surface area contributed by atoms with Crippen LogP contribution in [0.3, 0.4) is 0 Å². The third-order valence-electron chi connectivity index (χ3n) is 4.89. The second-order valence-corrected chi connectivity index (χ2v) is 9.63. The van der Waals surface area contributed by atoms with E-state index in [-0.39, 0.29) is 24.1 Å². The standard InChI is InChI=1S/C23H26IN5O2S/c1-5-29-19(12-25-22(31)17-8-6-7-14(2)9-17)27-28-23(29)32-13-20(30)26-21-15(3)10-18(24)11-16(21)4/h6-11H,5,12-13H2,1-4H3,(H,25,31)(H,26,30). The molecule has 0 spiro atoms. The Bertz CT molecular complexity index is 1120. The van der Waals surface area contributed by atoms with Crippen molar-refractivity contribution in [2.45, 2.75) is 45.9 Å². The Hall–Kier alpha value is -2.40. The summed E-state index contributed by atoms with van der Waals surface area (Å²) in [6, 6.07) is 11.5. The molecule has 0 aliphatic carbocycles. The van der Waals surface area contributed by atoms with Gasteiger partial charge in [-0.1, -0.05) is 29.5 Å². The SMILES string of the molecule is CCn1c(CNC(=O)c2cccc(C)c2)nnc1SCC(=O)Nc1c(C)cc(I)cc1C. The Kier molecular flexibility index (Phi) is 8.30. The van der Waals surface area contributed by atoms with Crippen LogP contribution in [-0.2, 0) is 17.9 Å². The zero-order valence-electron chi connectivity index (χ0n) is 18.5. The average molecular weight is 563 g/mol. The minimum atomic E-state index is -0.156. The van der Waals surface area contributed by atoms with Crippen LogP contribution in [0.4, 0.5) is 5.69 Å². The van der Waals surface area contributed by atoms with Gasteiger partial charge in [0.1, 0.15) is 0 Å². The number of carbonyl (C=O) groups is 2. The second kappa shape index (κ2) is 11.0. The Morgan fingerprint density at radius 1 is 1.09 bits per heavy atom. The summed E-state index contributed by atoms with van der Waals surface area (Å²) in [5.74, 6) is 0.623. The first-order valence-corrected chi connectivity index (χ1v) is 12.3. The van der Waals surface area contributed by atoms with E-state index in [1.54, 1.807) is 6.07 Å². The number of rotatable bonds is 8. The number of hydrogen-bond donors (Lipinski definition) is 2. The van der Waals surface area contributed by atoms with Crippen molar-refractivity contribution in [1.29, 1.82) is 0 Å². The third-order valence-corrected chi connectivity index (χ3v) is 6.48. The monoisotopic (exact) mass is 563 g/mol. The fraction of sp³-hybridized carbons (Fsp3) is 0.304. The van der Waals surface area contributed by atoms with E-state index < -0.39 is 0 Å². The normalized spacial score (nSPS) is 10.8. The van der Waals surface area contributed by atoms with Crippen molar-refractivity contribution in [3.8, 4) is 0 Å². The summed E-state index contributed by atoms with van der Waals surface area (Å²) in [7, 11) is 0. The maximum atomic E-state index is 12.5. The Labute approximate surface area is 205 Å². The fourth-order valence-corrected chi connectivity index (χ4v) is 5.09. The van der Waals surface area contributed by atoms with Gasteiger partial charge in [0.25, 0.3) is 5.91 Å². The van der Waals surface area contributed by atoms with Crippen molar-refractivity contribution in [2.24, 2.45) is 0 Å². The van der Waals surface area contributed by atoms with Gasteiger partial charge in [-0.05, 0) is 85.7 Å². The van der Waals surface area contributed by atoms with Crippen molar-refractivity contribution in [2.75, 3.05) is 11.1 Å². The molecule has 0 aliphatic heterocycles. The van der Waals surface area contributed by atoms with Crippen LogP contribution in [0.15, 0.2) is 41.6 Å². The predicted octanol–water partition coefficient (Wildman–Crippen LogP) is 4.49. The van der Waals surface area contributed by atoms with Gasteiger partial charge >= 0.3 is 0 Å². The van der Waals surface area contributed by atoms with Crippen LogP contribution in [0.2, 0.25) is 0 Å². The smallest absolute Gasteiger partial charge is 0.251 e. The summed E-state index contributed by atoms with van der Waals surface area (Å²) in [5.41, 5.74) is 4.57. The lowest BCUT2D eigenvalue weighted by atomic mass is 10.1. The van der Waals surface area contributed by atoms with Crippen molar-refractivity contribution >= 4 is 51.9 Å². The number of carbonyl (C=O) groups excluding carboxylic acids is 2.